The van der Waals surface area contributed by atoms with Gasteiger partial charge in [-0.2, -0.15) is 0 Å². The molecule has 0 spiro atoms. The quantitative estimate of drug-likeness (QED) is 0.882. The zero-order valence-corrected chi connectivity index (χ0v) is 11.5. The molecule has 2 atom stereocenters. The summed E-state index contributed by atoms with van der Waals surface area (Å²) in [4.78, 5) is 0. The third-order valence-electron chi connectivity index (χ3n) is 4.24. The molecule has 1 N–H and O–H groups in total. The predicted molar refractivity (Wildman–Crippen MR) is 74.2 cm³/mol. The molecule has 2 heteroatoms. The molecule has 1 aliphatic heterocycles. The minimum atomic E-state index is 0.472. The van der Waals surface area contributed by atoms with Gasteiger partial charge in [0.15, 0.2) is 0 Å². The summed E-state index contributed by atoms with van der Waals surface area (Å²) in [7, 11) is 0. The van der Waals surface area contributed by atoms with Gasteiger partial charge in [0.1, 0.15) is 5.75 Å². The van der Waals surface area contributed by atoms with E-state index in [0.29, 0.717) is 12.0 Å². The molecule has 0 fully saturated rings. The lowest BCUT2D eigenvalue weighted by Gasteiger charge is -2.33. The number of nitrogens with one attached hydrogen (secondary N) is 1. The summed E-state index contributed by atoms with van der Waals surface area (Å²) in [6, 6.07) is 5.17. The van der Waals surface area contributed by atoms with Crippen molar-refractivity contribution in [2.24, 2.45) is 5.92 Å². The van der Waals surface area contributed by atoms with Crippen LogP contribution in [-0.2, 0) is 12.8 Å². The van der Waals surface area contributed by atoms with E-state index in [1.807, 2.05) is 0 Å². The van der Waals surface area contributed by atoms with Gasteiger partial charge in [-0.15, -0.1) is 0 Å². The van der Waals surface area contributed by atoms with Gasteiger partial charge in [0.05, 0.1) is 6.61 Å². The van der Waals surface area contributed by atoms with Crippen molar-refractivity contribution >= 4 is 0 Å². The van der Waals surface area contributed by atoms with E-state index in [4.69, 9.17) is 4.74 Å². The third-order valence-corrected chi connectivity index (χ3v) is 4.24. The second-order valence-corrected chi connectivity index (χ2v) is 5.73. The molecule has 18 heavy (non-hydrogen) atoms. The molecule has 0 aromatic heterocycles. The summed E-state index contributed by atoms with van der Waals surface area (Å²) in [5, 5.41) is 3.69. The van der Waals surface area contributed by atoms with Crippen LogP contribution in [0, 0.1) is 5.92 Å². The Kier molecular flexibility index (Phi) is 3.29. The Bertz CT molecular complexity index is 441. The summed E-state index contributed by atoms with van der Waals surface area (Å²) in [6.45, 7) is 6.43. The maximum Gasteiger partial charge on any atom is 0.124 e. The fourth-order valence-corrected chi connectivity index (χ4v) is 3.22. The molecule has 2 nitrogen and oxygen atoms in total. The van der Waals surface area contributed by atoms with Gasteiger partial charge in [-0.05, 0) is 49.4 Å². The molecule has 0 bridgehead atoms. The number of fused-ring (bicyclic) bond motifs is 2. The van der Waals surface area contributed by atoms with Crippen LogP contribution in [0.1, 0.15) is 49.4 Å². The number of aryl methyl sites for hydroxylation is 2. The first-order chi connectivity index (χ1) is 8.79. The molecule has 2 aliphatic rings. The second kappa shape index (κ2) is 4.93. The lowest BCUT2D eigenvalue weighted by molar-refractivity contribution is 0.188. The lowest BCUT2D eigenvalue weighted by Crippen LogP contribution is -2.34. The van der Waals surface area contributed by atoms with Crippen molar-refractivity contribution in [2.45, 2.75) is 45.6 Å². The molecule has 3 rings (SSSR count). The first kappa shape index (κ1) is 12.0. The molecular weight excluding hydrogens is 222 g/mol. The Balaban J connectivity index is 1.94. The van der Waals surface area contributed by atoms with Gasteiger partial charge < -0.3 is 10.1 Å². The summed E-state index contributed by atoms with van der Waals surface area (Å²) in [5.41, 5.74) is 4.45. The standard InChI is InChI=1S/C16H23NO/c1-3-7-17-16-11(2)10-18-15-9-13-6-4-5-12(13)8-14(15)16/h8-9,11,16-17H,3-7,10H2,1-2H3. The van der Waals surface area contributed by atoms with Gasteiger partial charge in [-0.1, -0.05) is 19.9 Å². The molecule has 1 aromatic rings. The molecule has 1 aliphatic carbocycles. The Hall–Kier alpha value is -1.02. The summed E-state index contributed by atoms with van der Waals surface area (Å²) >= 11 is 0. The molecule has 98 valence electrons. The zero-order chi connectivity index (χ0) is 12.5. The monoisotopic (exact) mass is 245 g/mol. The van der Waals surface area contributed by atoms with Gasteiger partial charge in [-0.3, -0.25) is 0 Å². The highest BCUT2D eigenvalue weighted by atomic mass is 16.5. The highest BCUT2D eigenvalue weighted by Gasteiger charge is 2.29. The van der Waals surface area contributed by atoms with E-state index in [2.05, 4.69) is 31.3 Å². The number of ether oxygens (including phenoxy) is 1. The lowest BCUT2D eigenvalue weighted by atomic mass is 9.89. The summed E-state index contributed by atoms with van der Waals surface area (Å²) < 4.78 is 5.93. The van der Waals surface area contributed by atoms with Crippen LogP contribution in [0.5, 0.6) is 5.75 Å². The number of rotatable bonds is 3. The smallest absolute Gasteiger partial charge is 0.124 e. The number of hydrogen-bond donors (Lipinski definition) is 1. The van der Waals surface area contributed by atoms with Crippen LogP contribution in [-0.4, -0.2) is 13.2 Å². The largest absolute Gasteiger partial charge is 0.493 e. The Morgan fingerprint density at radius 3 is 2.83 bits per heavy atom. The van der Waals surface area contributed by atoms with Crippen LogP contribution in [0.4, 0.5) is 0 Å². The van der Waals surface area contributed by atoms with E-state index in [0.717, 1.165) is 18.9 Å². The van der Waals surface area contributed by atoms with Crippen molar-refractivity contribution in [3.63, 3.8) is 0 Å². The van der Waals surface area contributed by atoms with Gasteiger partial charge in [0.2, 0.25) is 0 Å². The van der Waals surface area contributed by atoms with Crippen LogP contribution in [0.2, 0.25) is 0 Å². The Morgan fingerprint density at radius 1 is 1.28 bits per heavy atom. The molecule has 1 heterocycles. The van der Waals surface area contributed by atoms with Crippen LogP contribution in [0.25, 0.3) is 0 Å². The normalized spacial score (nSPS) is 25.4. The summed E-state index contributed by atoms with van der Waals surface area (Å²) in [5.74, 6) is 1.69. The van der Waals surface area contributed by atoms with Crippen LogP contribution < -0.4 is 10.1 Å². The van der Waals surface area contributed by atoms with Crippen LogP contribution in [0.15, 0.2) is 12.1 Å². The number of hydrogen-bond acceptors (Lipinski definition) is 2. The predicted octanol–water partition coefficient (Wildman–Crippen LogP) is 3.24. The van der Waals surface area contributed by atoms with Crippen molar-refractivity contribution < 1.29 is 4.74 Å². The van der Waals surface area contributed by atoms with Crippen molar-refractivity contribution in [3.05, 3.63) is 28.8 Å². The van der Waals surface area contributed by atoms with Gasteiger partial charge in [0.25, 0.3) is 0 Å². The minimum Gasteiger partial charge on any atom is -0.493 e. The maximum absolute atomic E-state index is 5.93. The third kappa shape index (κ3) is 2.03. The van der Waals surface area contributed by atoms with E-state index < -0.39 is 0 Å². The highest BCUT2D eigenvalue weighted by molar-refractivity contribution is 5.47. The Labute approximate surface area is 110 Å². The molecule has 0 saturated carbocycles. The molecule has 1 aromatic carbocycles. The van der Waals surface area contributed by atoms with Gasteiger partial charge in [-0.25, -0.2) is 0 Å². The van der Waals surface area contributed by atoms with Crippen LogP contribution >= 0.6 is 0 Å². The van der Waals surface area contributed by atoms with Crippen molar-refractivity contribution in [2.75, 3.05) is 13.2 Å². The second-order valence-electron chi connectivity index (χ2n) is 5.73. The molecule has 0 amide bonds. The zero-order valence-electron chi connectivity index (χ0n) is 11.5. The van der Waals surface area contributed by atoms with E-state index in [-0.39, 0.29) is 0 Å². The summed E-state index contributed by atoms with van der Waals surface area (Å²) in [6.07, 6.45) is 4.97. The maximum atomic E-state index is 5.93. The first-order valence-corrected chi connectivity index (χ1v) is 7.31. The Morgan fingerprint density at radius 2 is 2.06 bits per heavy atom. The van der Waals surface area contributed by atoms with E-state index >= 15 is 0 Å². The average Bonchev–Trinajstić information content (AvgIpc) is 2.82. The highest BCUT2D eigenvalue weighted by Crippen LogP contribution is 2.39. The molecule has 0 radical (unpaired) electrons. The minimum absolute atomic E-state index is 0.472. The van der Waals surface area contributed by atoms with Crippen molar-refractivity contribution in [3.8, 4) is 5.75 Å². The van der Waals surface area contributed by atoms with E-state index in [1.165, 1.54) is 36.8 Å². The van der Waals surface area contributed by atoms with Crippen molar-refractivity contribution in [1.82, 2.24) is 5.32 Å². The van der Waals surface area contributed by atoms with Crippen molar-refractivity contribution in [1.29, 1.82) is 0 Å². The SMILES string of the molecule is CCCNC1c2cc3c(cc2OCC1C)CCC3. The number of benzene rings is 1. The fraction of sp³-hybridized carbons (Fsp3) is 0.625. The topological polar surface area (TPSA) is 21.3 Å². The van der Waals surface area contributed by atoms with Gasteiger partial charge in [0, 0.05) is 17.5 Å². The molecule has 0 saturated heterocycles. The van der Waals surface area contributed by atoms with Crippen LogP contribution in [0.3, 0.4) is 0 Å². The molecular formula is C16H23NO. The first-order valence-electron chi connectivity index (χ1n) is 7.31. The van der Waals surface area contributed by atoms with E-state index in [9.17, 15) is 0 Å². The average molecular weight is 245 g/mol. The van der Waals surface area contributed by atoms with Gasteiger partial charge >= 0.3 is 0 Å². The fourth-order valence-electron chi connectivity index (χ4n) is 3.22. The van der Waals surface area contributed by atoms with E-state index in [1.54, 1.807) is 5.56 Å². The molecule has 2 unspecified atom stereocenters.